The van der Waals surface area contributed by atoms with Crippen molar-refractivity contribution in [1.82, 2.24) is 0 Å². The number of carbonyl (C=O) groups is 1. The Morgan fingerprint density at radius 3 is 1.93 bits per heavy atom. The van der Waals surface area contributed by atoms with Crippen molar-refractivity contribution in [2.45, 2.75) is 20.0 Å². The third kappa shape index (κ3) is 2.59. The fraction of sp³-hybridized carbons (Fsp3) is 0.300. The highest BCUT2D eigenvalue weighted by Gasteiger charge is 2.39. The molecule has 0 unspecified atom stereocenters. The quantitative estimate of drug-likeness (QED) is 0.715. The molecule has 0 heterocycles. The Morgan fingerprint density at radius 2 is 1.60 bits per heavy atom. The summed E-state index contributed by atoms with van der Waals surface area (Å²) in [6, 6.07) is 2.46. The van der Waals surface area contributed by atoms with Gasteiger partial charge in [-0.15, -0.1) is 0 Å². The highest BCUT2D eigenvalue weighted by Crippen LogP contribution is 2.27. The van der Waals surface area contributed by atoms with Crippen molar-refractivity contribution in [3.8, 4) is 0 Å². The third-order valence-corrected chi connectivity index (χ3v) is 3.21. The molecule has 0 aliphatic rings. The monoisotopic (exact) mass is 280 g/mol. The molecular weight excluding hydrogens is 273 g/mol. The second-order valence-corrected chi connectivity index (χ2v) is 4.04. The number of aryl methyl sites for hydroxylation is 2. The van der Waals surface area contributed by atoms with Crippen molar-refractivity contribution in [3.05, 3.63) is 33.3 Å². The zero-order chi connectivity index (χ0) is 11.8. The molecule has 0 aliphatic carbocycles. The van der Waals surface area contributed by atoms with E-state index in [0.717, 1.165) is 4.47 Å². The van der Waals surface area contributed by atoms with E-state index in [1.54, 1.807) is 13.8 Å². The van der Waals surface area contributed by atoms with Crippen LogP contribution in [0.5, 0.6) is 0 Å². The summed E-state index contributed by atoms with van der Waals surface area (Å²) in [5.41, 5.74) is 0.908. The van der Waals surface area contributed by atoms with Crippen LogP contribution in [-0.4, -0.2) is 12.0 Å². The second kappa shape index (κ2) is 3.96. The maximum atomic E-state index is 12.1. The molecule has 0 aliphatic heterocycles. The van der Waals surface area contributed by atoms with Crippen LogP contribution in [0.15, 0.2) is 16.6 Å². The number of rotatable bonds is 1. The fourth-order valence-electron chi connectivity index (χ4n) is 1.24. The van der Waals surface area contributed by atoms with Gasteiger partial charge in [0.25, 0.3) is 5.78 Å². The molecule has 82 valence electrons. The summed E-state index contributed by atoms with van der Waals surface area (Å²) < 4.78 is 37.1. The Hall–Kier alpha value is -0.840. The molecule has 0 radical (unpaired) electrons. The third-order valence-electron chi connectivity index (χ3n) is 1.96. The van der Waals surface area contributed by atoms with Crippen molar-refractivity contribution in [1.29, 1.82) is 0 Å². The summed E-state index contributed by atoms with van der Waals surface area (Å²) in [7, 11) is 0. The highest BCUT2D eigenvalue weighted by molar-refractivity contribution is 9.10. The summed E-state index contributed by atoms with van der Waals surface area (Å²) in [5.74, 6) is -1.80. The Labute approximate surface area is 93.4 Å². The van der Waals surface area contributed by atoms with Crippen LogP contribution in [0.2, 0.25) is 0 Å². The molecule has 0 atom stereocenters. The molecule has 0 N–H and O–H groups in total. The van der Waals surface area contributed by atoms with Crippen LogP contribution in [0.3, 0.4) is 0 Å². The topological polar surface area (TPSA) is 17.1 Å². The molecule has 0 saturated heterocycles. The first kappa shape index (κ1) is 12.2. The first-order valence-corrected chi connectivity index (χ1v) is 4.91. The van der Waals surface area contributed by atoms with Crippen LogP contribution in [0, 0.1) is 13.8 Å². The number of carbonyl (C=O) groups excluding carboxylic acids is 1. The number of ketones is 1. The number of alkyl halides is 3. The van der Waals surface area contributed by atoms with E-state index in [4.69, 9.17) is 0 Å². The predicted octanol–water partition coefficient (Wildman–Crippen LogP) is 3.81. The standard InChI is InChI=1S/C10H8BrF3O/c1-5-3-7(4-6(2)8(5)11)9(15)10(12,13)14/h3-4H,1-2H3. The first-order valence-electron chi connectivity index (χ1n) is 4.11. The lowest BCUT2D eigenvalue weighted by atomic mass is 10.0. The van der Waals surface area contributed by atoms with Crippen LogP contribution >= 0.6 is 15.9 Å². The van der Waals surface area contributed by atoms with Crippen LogP contribution in [0.25, 0.3) is 0 Å². The molecule has 0 saturated carbocycles. The van der Waals surface area contributed by atoms with E-state index in [9.17, 15) is 18.0 Å². The predicted molar refractivity (Wildman–Crippen MR) is 54.0 cm³/mol. The van der Waals surface area contributed by atoms with Crippen molar-refractivity contribution < 1.29 is 18.0 Å². The fourth-order valence-corrected chi connectivity index (χ4v) is 1.47. The number of halogens is 4. The molecule has 0 aromatic heterocycles. The van der Waals surface area contributed by atoms with Crippen LogP contribution in [-0.2, 0) is 0 Å². The van der Waals surface area contributed by atoms with Crippen LogP contribution in [0.1, 0.15) is 21.5 Å². The van der Waals surface area contributed by atoms with E-state index >= 15 is 0 Å². The normalized spacial score (nSPS) is 11.6. The Balaban J connectivity index is 3.24. The first-order chi connectivity index (χ1) is 6.73. The lowest BCUT2D eigenvalue weighted by molar-refractivity contribution is -0.0885. The van der Waals surface area contributed by atoms with Crippen molar-refractivity contribution >= 4 is 21.7 Å². The minimum Gasteiger partial charge on any atom is -0.284 e. The molecule has 15 heavy (non-hydrogen) atoms. The van der Waals surface area contributed by atoms with E-state index < -0.39 is 12.0 Å². The number of benzene rings is 1. The van der Waals surface area contributed by atoms with Gasteiger partial charge in [-0.25, -0.2) is 0 Å². The van der Waals surface area contributed by atoms with E-state index in [0.29, 0.717) is 11.1 Å². The maximum Gasteiger partial charge on any atom is 0.454 e. The van der Waals surface area contributed by atoms with Gasteiger partial charge in [-0.2, -0.15) is 13.2 Å². The van der Waals surface area contributed by atoms with E-state index in [1.165, 1.54) is 12.1 Å². The largest absolute Gasteiger partial charge is 0.454 e. The molecule has 0 spiro atoms. The van der Waals surface area contributed by atoms with Gasteiger partial charge in [0.15, 0.2) is 0 Å². The average Bonchev–Trinajstić information content (AvgIpc) is 2.10. The van der Waals surface area contributed by atoms with E-state index in [2.05, 4.69) is 15.9 Å². The van der Waals surface area contributed by atoms with Gasteiger partial charge in [0.1, 0.15) is 0 Å². The molecule has 1 aromatic carbocycles. The number of Topliss-reactive ketones (excluding diaryl/α,β-unsaturated/α-hetero) is 1. The van der Waals surface area contributed by atoms with Gasteiger partial charge < -0.3 is 0 Å². The van der Waals surface area contributed by atoms with Crippen LogP contribution in [0.4, 0.5) is 13.2 Å². The average molecular weight is 281 g/mol. The minimum absolute atomic E-state index is 0.319. The van der Waals surface area contributed by atoms with Gasteiger partial charge in [-0.1, -0.05) is 15.9 Å². The zero-order valence-corrected chi connectivity index (χ0v) is 9.66. The van der Waals surface area contributed by atoms with E-state index in [1.807, 2.05) is 0 Å². The van der Waals surface area contributed by atoms with Gasteiger partial charge in [-0.05, 0) is 37.1 Å². The molecule has 0 amide bonds. The Morgan fingerprint density at radius 1 is 1.20 bits per heavy atom. The van der Waals surface area contributed by atoms with Crippen LogP contribution < -0.4 is 0 Å². The van der Waals surface area contributed by atoms with Gasteiger partial charge in [-0.3, -0.25) is 4.79 Å². The Kier molecular flexibility index (Phi) is 3.23. The van der Waals surface area contributed by atoms with Crippen molar-refractivity contribution in [2.75, 3.05) is 0 Å². The lowest BCUT2D eigenvalue weighted by Gasteiger charge is -2.09. The van der Waals surface area contributed by atoms with Gasteiger partial charge >= 0.3 is 6.18 Å². The molecular formula is C10H8BrF3O. The zero-order valence-electron chi connectivity index (χ0n) is 8.07. The smallest absolute Gasteiger partial charge is 0.284 e. The lowest BCUT2D eigenvalue weighted by Crippen LogP contribution is -2.22. The minimum atomic E-state index is -4.81. The Bertz CT molecular complexity index is 387. The highest BCUT2D eigenvalue weighted by atomic mass is 79.9. The maximum absolute atomic E-state index is 12.1. The summed E-state index contributed by atoms with van der Waals surface area (Å²) in [5, 5.41) is 0. The summed E-state index contributed by atoms with van der Waals surface area (Å²) in [4.78, 5) is 10.9. The van der Waals surface area contributed by atoms with Crippen molar-refractivity contribution in [3.63, 3.8) is 0 Å². The van der Waals surface area contributed by atoms with Crippen molar-refractivity contribution in [2.24, 2.45) is 0 Å². The second-order valence-electron chi connectivity index (χ2n) is 3.25. The van der Waals surface area contributed by atoms with Gasteiger partial charge in [0.05, 0.1) is 0 Å². The molecule has 0 bridgehead atoms. The summed E-state index contributed by atoms with van der Waals surface area (Å²) in [6.07, 6.45) is -4.81. The summed E-state index contributed by atoms with van der Waals surface area (Å²) >= 11 is 3.22. The SMILES string of the molecule is Cc1cc(C(=O)C(F)(F)F)cc(C)c1Br. The molecule has 1 rings (SSSR count). The molecule has 5 heteroatoms. The van der Waals surface area contributed by atoms with Gasteiger partial charge in [0, 0.05) is 10.0 Å². The van der Waals surface area contributed by atoms with Gasteiger partial charge in [0.2, 0.25) is 0 Å². The number of hydrogen-bond acceptors (Lipinski definition) is 1. The molecule has 1 nitrogen and oxygen atoms in total. The molecule has 1 aromatic rings. The van der Waals surface area contributed by atoms with E-state index in [-0.39, 0.29) is 5.56 Å². The molecule has 0 fully saturated rings. The summed E-state index contributed by atoms with van der Waals surface area (Å²) in [6.45, 7) is 3.29. The number of hydrogen-bond donors (Lipinski definition) is 0.